The highest BCUT2D eigenvalue weighted by atomic mass is 32.2. The van der Waals surface area contributed by atoms with Crippen LogP contribution in [0.4, 0.5) is 0 Å². The molecule has 1 unspecified atom stereocenters. The summed E-state index contributed by atoms with van der Waals surface area (Å²) in [6, 6.07) is 8.93. The number of piperidine rings is 1. The number of hydrogen-bond acceptors (Lipinski definition) is 3. The summed E-state index contributed by atoms with van der Waals surface area (Å²) in [5.74, 6) is 2.78. The summed E-state index contributed by atoms with van der Waals surface area (Å²) >= 11 is 2.03. The highest BCUT2D eigenvalue weighted by molar-refractivity contribution is 7.99. The summed E-state index contributed by atoms with van der Waals surface area (Å²) in [6.45, 7) is 4.67. The Bertz CT molecular complexity index is 415. The van der Waals surface area contributed by atoms with Crippen LogP contribution >= 0.6 is 11.8 Å². The number of nitrogens with zero attached hydrogens (tertiary/aromatic N) is 1. The lowest BCUT2D eigenvalue weighted by atomic mass is 9.95. The first-order chi connectivity index (χ1) is 9.36. The van der Waals surface area contributed by atoms with Crippen molar-refractivity contribution in [2.45, 2.75) is 23.7 Å². The topological polar surface area (TPSA) is 12.5 Å². The Morgan fingerprint density at radius 2 is 2.05 bits per heavy atom. The monoisotopic (exact) mass is 277 g/mol. The first-order valence-electron chi connectivity index (χ1n) is 7.30. The number of thioether (sulfide) groups is 1. The molecule has 3 rings (SSSR count). The molecule has 1 aromatic carbocycles. The van der Waals surface area contributed by atoms with E-state index in [0.717, 1.165) is 18.4 Å². The van der Waals surface area contributed by atoms with Crippen molar-refractivity contribution in [2.75, 3.05) is 39.1 Å². The molecule has 1 aromatic rings. The first-order valence-corrected chi connectivity index (χ1v) is 8.28. The molecule has 2 heterocycles. The second-order valence-corrected chi connectivity index (χ2v) is 6.81. The molecule has 1 saturated heterocycles. The lowest BCUT2D eigenvalue weighted by molar-refractivity contribution is 0.0978. The van der Waals surface area contributed by atoms with Crippen LogP contribution < -0.4 is 0 Å². The Morgan fingerprint density at radius 3 is 2.84 bits per heavy atom. The summed E-state index contributed by atoms with van der Waals surface area (Å²) in [5.41, 5.74) is 1.58. The van der Waals surface area contributed by atoms with Gasteiger partial charge in [-0.1, -0.05) is 18.2 Å². The van der Waals surface area contributed by atoms with Gasteiger partial charge in [-0.3, -0.25) is 0 Å². The summed E-state index contributed by atoms with van der Waals surface area (Å²) < 4.78 is 5.27. The maximum atomic E-state index is 5.27. The highest BCUT2D eigenvalue weighted by Gasteiger charge is 2.26. The largest absolute Gasteiger partial charge is 0.384 e. The van der Waals surface area contributed by atoms with E-state index in [1.54, 1.807) is 5.56 Å². The van der Waals surface area contributed by atoms with Gasteiger partial charge in [-0.05, 0) is 43.5 Å². The van der Waals surface area contributed by atoms with Crippen LogP contribution in [-0.2, 0) is 4.74 Å². The van der Waals surface area contributed by atoms with Crippen LogP contribution in [0.1, 0.15) is 24.3 Å². The third-order valence-corrected chi connectivity index (χ3v) is 5.64. The number of likely N-dealkylation sites (tertiary alicyclic amines) is 1. The summed E-state index contributed by atoms with van der Waals surface area (Å²) in [4.78, 5) is 4.15. The lowest BCUT2D eigenvalue weighted by Crippen LogP contribution is -2.37. The van der Waals surface area contributed by atoms with Gasteiger partial charge in [0.1, 0.15) is 0 Å². The fourth-order valence-corrected chi connectivity index (χ4v) is 4.51. The minimum absolute atomic E-state index is 0.736. The first kappa shape index (κ1) is 13.5. The smallest absolute Gasteiger partial charge is 0.0491 e. The molecular weight excluding hydrogens is 254 g/mol. The van der Waals surface area contributed by atoms with Gasteiger partial charge >= 0.3 is 0 Å². The van der Waals surface area contributed by atoms with E-state index in [9.17, 15) is 0 Å². The fraction of sp³-hybridized carbons (Fsp3) is 0.625. The minimum Gasteiger partial charge on any atom is -0.384 e. The van der Waals surface area contributed by atoms with E-state index in [1.165, 1.54) is 43.1 Å². The van der Waals surface area contributed by atoms with Crippen LogP contribution in [0, 0.1) is 5.92 Å². The van der Waals surface area contributed by atoms with Crippen molar-refractivity contribution >= 4 is 11.8 Å². The van der Waals surface area contributed by atoms with Crippen LogP contribution in [0.3, 0.4) is 0 Å². The third kappa shape index (κ3) is 3.15. The number of ether oxygens (including phenoxy) is 1. The van der Waals surface area contributed by atoms with Gasteiger partial charge < -0.3 is 9.64 Å². The van der Waals surface area contributed by atoms with Gasteiger partial charge in [0.2, 0.25) is 0 Å². The fourth-order valence-electron chi connectivity index (χ4n) is 3.26. The van der Waals surface area contributed by atoms with Gasteiger partial charge in [-0.25, -0.2) is 0 Å². The number of rotatable bonds is 4. The molecule has 0 saturated carbocycles. The van der Waals surface area contributed by atoms with Crippen molar-refractivity contribution in [3.05, 3.63) is 29.8 Å². The van der Waals surface area contributed by atoms with Crippen LogP contribution in [0.2, 0.25) is 0 Å². The van der Waals surface area contributed by atoms with E-state index in [1.807, 2.05) is 18.9 Å². The van der Waals surface area contributed by atoms with Crippen LogP contribution in [0.15, 0.2) is 29.2 Å². The standard InChI is InChI=1S/C16H23NOS/c1-18-11-13-6-8-17(9-7-13)10-14-12-19-16-5-3-2-4-15(14)16/h2-5,13-14H,6-12H2,1H3. The number of hydrogen-bond donors (Lipinski definition) is 0. The van der Waals surface area contributed by atoms with Crippen LogP contribution in [-0.4, -0.2) is 44.0 Å². The second kappa shape index (κ2) is 6.29. The average molecular weight is 277 g/mol. The van der Waals surface area contributed by atoms with Gasteiger partial charge in [-0.2, -0.15) is 0 Å². The van der Waals surface area contributed by atoms with Crippen molar-refractivity contribution in [2.24, 2.45) is 5.92 Å². The van der Waals surface area contributed by atoms with Gasteiger partial charge in [0.25, 0.3) is 0 Å². The zero-order chi connectivity index (χ0) is 13.1. The average Bonchev–Trinajstić information content (AvgIpc) is 2.85. The summed E-state index contributed by atoms with van der Waals surface area (Å²) in [6.07, 6.45) is 2.60. The highest BCUT2D eigenvalue weighted by Crippen LogP contribution is 2.39. The van der Waals surface area contributed by atoms with Crippen molar-refractivity contribution in [1.29, 1.82) is 0 Å². The van der Waals surface area contributed by atoms with Gasteiger partial charge in [0, 0.05) is 36.8 Å². The Balaban J connectivity index is 1.54. The SMILES string of the molecule is COCC1CCN(CC2CSc3ccccc32)CC1. The van der Waals surface area contributed by atoms with E-state index in [-0.39, 0.29) is 0 Å². The minimum atomic E-state index is 0.736. The third-order valence-electron chi connectivity index (χ3n) is 4.39. The zero-order valence-electron chi connectivity index (χ0n) is 11.7. The van der Waals surface area contributed by atoms with Crippen molar-refractivity contribution in [3.63, 3.8) is 0 Å². The molecule has 0 N–H and O–H groups in total. The van der Waals surface area contributed by atoms with E-state index < -0.39 is 0 Å². The molecule has 2 aliphatic heterocycles. The molecule has 1 fully saturated rings. The molecule has 0 amide bonds. The molecule has 0 radical (unpaired) electrons. The lowest BCUT2D eigenvalue weighted by Gasteiger charge is -2.33. The second-order valence-electron chi connectivity index (χ2n) is 5.75. The van der Waals surface area contributed by atoms with Gasteiger partial charge in [-0.15, -0.1) is 11.8 Å². The van der Waals surface area contributed by atoms with Crippen LogP contribution in [0.25, 0.3) is 0 Å². The molecule has 0 aliphatic carbocycles. The van der Waals surface area contributed by atoms with Crippen molar-refractivity contribution in [3.8, 4) is 0 Å². The number of fused-ring (bicyclic) bond motifs is 1. The summed E-state index contributed by atoms with van der Waals surface area (Å²) in [7, 11) is 1.82. The van der Waals surface area contributed by atoms with Crippen LogP contribution in [0.5, 0.6) is 0 Å². The predicted molar refractivity (Wildman–Crippen MR) is 80.9 cm³/mol. The van der Waals surface area contributed by atoms with E-state index in [0.29, 0.717) is 0 Å². The molecule has 104 valence electrons. The number of benzene rings is 1. The van der Waals surface area contributed by atoms with Gasteiger partial charge in [0.05, 0.1) is 0 Å². The maximum Gasteiger partial charge on any atom is 0.0491 e. The Morgan fingerprint density at radius 1 is 1.26 bits per heavy atom. The maximum absolute atomic E-state index is 5.27. The van der Waals surface area contributed by atoms with E-state index in [2.05, 4.69) is 29.2 Å². The predicted octanol–water partition coefficient (Wildman–Crippen LogP) is 3.23. The summed E-state index contributed by atoms with van der Waals surface area (Å²) in [5, 5.41) is 0. The number of methoxy groups -OCH3 is 1. The molecule has 0 spiro atoms. The normalized spacial score (nSPS) is 24.6. The van der Waals surface area contributed by atoms with E-state index >= 15 is 0 Å². The van der Waals surface area contributed by atoms with Crippen molar-refractivity contribution < 1.29 is 4.74 Å². The Kier molecular flexibility index (Phi) is 4.46. The van der Waals surface area contributed by atoms with Gasteiger partial charge in [0.15, 0.2) is 0 Å². The molecule has 3 heteroatoms. The van der Waals surface area contributed by atoms with Crippen molar-refractivity contribution in [1.82, 2.24) is 4.90 Å². The van der Waals surface area contributed by atoms with E-state index in [4.69, 9.17) is 4.74 Å². The molecule has 19 heavy (non-hydrogen) atoms. The zero-order valence-corrected chi connectivity index (χ0v) is 12.5. The Hall–Kier alpha value is -0.510. The Labute approximate surface area is 120 Å². The quantitative estimate of drug-likeness (QED) is 0.838. The molecule has 0 aromatic heterocycles. The molecule has 1 atom stereocenters. The molecular formula is C16H23NOS. The molecule has 2 nitrogen and oxygen atoms in total. The molecule has 0 bridgehead atoms. The molecule has 2 aliphatic rings.